The zero-order valence-corrected chi connectivity index (χ0v) is 10.0. The van der Waals surface area contributed by atoms with Crippen LogP contribution in [0.1, 0.15) is 19.8 Å². The van der Waals surface area contributed by atoms with Crippen LogP contribution in [0.3, 0.4) is 0 Å². The number of morpholine rings is 1. The molecule has 1 heterocycles. The molecule has 2 atom stereocenters. The van der Waals surface area contributed by atoms with Crippen molar-refractivity contribution in [2.45, 2.75) is 25.9 Å². The molecule has 88 valence electrons. The normalized spacial score (nSPS) is 30.4. The van der Waals surface area contributed by atoms with Crippen LogP contribution in [0.15, 0.2) is 0 Å². The van der Waals surface area contributed by atoms with Crippen LogP contribution in [0.25, 0.3) is 0 Å². The van der Waals surface area contributed by atoms with E-state index in [4.69, 9.17) is 4.74 Å². The number of ether oxygens (including phenoxy) is 1. The molecular formula is C12H24N2O. The van der Waals surface area contributed by atoms with E-state index in [1.165, 1.54) is 12.8 Å². The van der Waals surface area contributed by atoms with Gasteiger partial charge in [0.15, 0.2) is 0 Å². The Hall–Kier alpha value is -0.120. The monoisotopic (exact) mass is 212 g/mol. The van der Waals surface area contributed by atoms with Gasteiger partial charge in [0, 0.05) is 19.6 Å². The number of nitrogens with zero attached hydrogens (tertiary/aromatic N) is 1. The fourth-order valence-electron chi connectivity index (χ4n) is 2.29. The van der Waals surface area contributed by atoms with E-state index < -0.39 is 0 Å². The Balaban J connectivity index is 1.56. The average molecular weight is 212 g/mol. The van der Waals surface area contributed by atoms with Crippen molar-refractivity contribution >= 4 is 0 Å². The minimum Gasteiger partial charge on any atom is -0.374 e. The first-order valence-corrected chi connectivity index (χ1v) is 6.26. The van der Waals surface area contributed by atoms with Gasteiger partial charge in [0.05, 0.1) is 12.7 Å². The van der Waals surface area contributed by atoms with Crippen LogP contribution in [0.5, 0.6) is 0 Å². The van der Waals surface area contributed by atoms with Gasteiger partial charge in [-0.2, -0.15) is 0 Å². The van der Waals surface area contributed by atoms with Crippen LogP contribution in [0.4, 0.5) is 0 Å². The lowest BCUT2D eigenvalue weighted by Gasteiger charge is -2.30. The van der Waals surface area contributed by atoms with Crippen LogP contribution in [0, 0.1) is 11.8 Å². The van der Waals surface area contributed by atoms with Crippen molar-refractivity contribution in [3.05, 3.63) is 0 Å². The van der Waals surface area contributed by atoms with Crippen molar-refractivity contribution in [1.29, 1.82) is 0 Å². The van der Waals surface area contributed by atoms with Crippen LogP contribution in [0.2, 0.25) is 0 Å². The molecule has 2 rings (SSSR count). The molecule has 2 fully saturated rings. The molecule has 15 heavy (non-hydrogen) atoms. The van der Waals surface area contributed by atoms with Gasteiger partial charge in [-0.25, -0.2) is 0 Å². The zero-order chi connectivity index (χ0) is 10.7. The topological polar surface area (TPSA) is 24.5 Å². The SMILES string of the molecule is CC(CNCC1CN(C)CCO1)C1CC1. The van der Waals surface area contributed by atoms with E-state index in [2.05, 4.69) is 24.2 Å². The first-order valence-electron chi connectivity index (χ1n) is 6.26. The van der Waals surface area contributed by atoms with Gasteiger partial charge < -0.3 is 15.0 Å². The minimum atomic E-state index is 0.398. The van der Waals surface area contributed by atoms with E-state index in [1.807, 2.05) is 0 Å². The molecule has 1 saturated carbocycles. The second-order valence-corrected chi connectivity index (χ2v) is 5.23. The van der Waals surface area contributed by atoms with Crippen molar-refractivity contribution < 1.29 is 4.74 Å². The predicted molar refractivity (Wildman–Crippen MR) is 62.0 cm³/mol. The van der Waals surface area contributed by atoms with E-state index >= 15 is 0 Å². The number of hydrogen-bond acceptors (Lipinski definition) is 3. The van der Waals surface area contributed by atoms with Gasteiger partial charge >= 0.3 is 0 Å². The van der Waals surface area contributed by atoms with Gasteiger partial charge in [0.2, 0.25) is 0 Å². The van der Waals surface area contributed by atoms with Gasteiger partial charge in [0.25, 0.3) is 0 Å². The van der Waals surface area contributed by atoms with E-state index in [1.54, 1.807) is 0 Å². The molecule has 1 aliphatic carbocycles. The zero-order valence-electron chi connectivity index (χ0n) is 10.0. The summed E-state index contributed by atoms with van der Waals surface area (Å²) < 4.78 is 5.70. The minimum absolute atomic E-state index is 0.398. The van der Waals surface area contributed by atoms with Crippen LogP contribution < -0.4 is 5.32 Å². The van der Waals surface area contributed by atoms with Gasteiger partial charge in [-0.1, -0.05) is 6.92 Å². The van der Waals surface area contributed by atoms with Crippen molar-refractivity contribution in [3.63, 3.8) is 0 Å². The van der Waals surface area contributed by atoms with Crippen LogP contribution in [-0.2, 0) is 4.74 Å². The Kier molecular flexibility index (Phi) is 4.00. The van der Waals surface area contributed by atoms with Crippen molar-refractivity contribution in [2.75, 3.05) is 39.8 Å². The van der Waals surface area contributed by atoms with Crippen molar-refractivity contribution in [2.24, 2.45) is 11.8 Å². The number of rotatable bonds is 5. The number of nitrogens with one attached hydrogen (secondary N) is 1. The summed E-state index contributed by atoms with van der Waals surface area (Å²) in [5, 5.41) is 3.55. The van der Waals surface area contributed by atoms with E-state index in [9.17, 15) is 0 Å². The molecule has 0 bridgehead atoms. The molecule has 3 heteroatoms. The Morgan fingerprint density at radius 3 is 2.93 bits per heavy atom. The second-order valence-electron chi connectivity index (χ2n) is 5.23. The maximum atomic E-state index is 5.70. The van der Waals surface area contributed by atoms with Crippen molar-refractivity contribution in [3.8, 4) is 0 Å². The Bertz CT molecular complexity index is 194. The summed E-state index contributed by atoms with van der Waals surface area (Å²) in [6, 6.07) is 0. The molecule has 0 spiro atoms. The lowest BCUT2D eigenvalue weighted by atomic mass is 10.1. The molecule has 0 amide bonds. The van der Waals surface area contributed by atoms with Crippen LogP contribution >= 0.6 is 0 Å². The van der Waals surface area contributed by atoms with E-state index in [0.29, 0.717) is 6.10 Å². The standard InChI is InChI=1S/C12H24N2O/c1-10(11-3-4-11)7-13-8-12-9-14(2)5-6-15-12/h10-13H,3-9H2,1-2H3. The highest BCUT2D eigenvalue weighted by Gasteiger charge is 2.27. The Labute approximate surface area is 93.2 Å². The molecule has 2 unspecified atom stereocenters. The molecule has 1 N–H and O–H groups in total. The number of hydrogen-bond donors (Lipinski definition) is 1. The fourth-order valence-corrected chi connectivity index (χ4v) is 2.29. The third kappa shape index (κ3) is 3.74. The number of likely N-dealkylation sites (N-methyl/N-ethyl adjacent to an activating group) is 1. The predicted octanol–water partition coefficient (Wildman–Crippen LogP) is 0.953. The van der Waals surface area contributed by atoms with E-state index in [0.717, 1.165) is 44.6 Å². The van der Waals surface area contributed by atoms with Crippen molar-refractivity contribution in [1.82, 2.24) is 10.2 Å². The summed E-state index contributed by atoms with van der Waals surface area (Å²) in [6.45, 7) is 7.58. The van der Waals surface area contributed by atoms with E-state index in [-0.39, 0.29) is 0 Å². The second kappa shape index (κ2) is 5.28. The molecule has 2 aliphatic rings. The third-order valence-corrected chi connectivity index (χ3v) is 3.61. The molecule has 1 aliphatic heterocycles. The lowest BCUT2D eigenvalue weighted by molar-refractivity contribution is -0.0183. The highest BCUT2D eigenvalue weighted by atomic mass is 16.5. The summed E-state index contributed by atoms with van der Waals surface area (Å²) in [6.07, 6.45) is 3.30. The molecule has 3 nitrogen and oxygen atoms in total. The molecular weight excluding hydrogens is 188 g/mol. The van der Waals surface area contributed by atoms with Gasteiger partial charge in [0.1, 0.15) is 0 Å². The maximum Gasteiger partial charge on any atom is 0.0826 e. The van der Waals surface area contributed by atoms with Crippen LogP contribution in [-0.4, -0.2) is 50.8 Å². The molecule has 0 radical (unpaired) electrons. The summed E-state index contributed by atoms with van der Waals surface area (Å²) in [4.78, 5) is 2.35. The molecule has 0 aromatic carbocycles. The Morgan fingerprint density at radius 1 is 1.47 bits per heavy atom. The average Bonchev–Trinajstić information content (AvgIpc) is 3.00. The highest BCUT2D eigenvalue weighted by molar-refractivity contribution is 4.80. The van der Waals surface area contributed by atoms with Gasteiger partial charge in [-0.15, -0.1) is 0 Å². The lowest BCUT2D eigenvalue weighted by Crippen LogP contribution is -2.45. The highest BCUT2D eigenvalue weighted by Crippen LogP contribution is 2.35. The fraction of sp³-hybridized carbons (Fsp3) is 1.00. The summed E-state index contributed by atoms with van der Waals surface area (Å²) in [5.74, 6) is 1.86. The van der Waals surface area contributed by atoms with Gasteiger partial charge in [-0.05, 0) is 38.3 Å². The quantitative estimate of drug-likeness (QED) is 0.734. The Morgan fingerprint density at radius 2 is 2.27 bits per heavy atom. The summed E-state index contributed by atoms with van der Waals surface area (Å²) >= 11 is 0. The summed E-state index contributed by atoms with van der Waals surface area (Å²) in [7, 11) is 2.17. The first-order chi connectivity index (χ1) is 7.25. The summed E-state index contributed by atoms with van der Waals surface area (Å²) in [5.41, 5.74) is 0. The third-order valence-electron chi connectivity index (χ3n) is 3.61. The maximum absolute atomic E-state index is 5.70. The van der Waals surface area contributed by atoms with Gasteiger partial charge in [-0.3, -0.25) is 0 Å². The molecule has 1 saturated heterocycles. The molecule has 0 aromatic heterocycles. The largest absolute Gasteiger partial charge is 0.374 e. The smallest absolute Gasteiger partial charge is 0.0826 e. The molecule has 0 aromatic rings. The first kappa shape index (κ1) is 11.4.